The summed E-state index contributed by atoms with van der Waals surface area (Å²) < 4.78 is 0. The molecule has 0 aromatic heterocycles. The van der Waals surface area contributed by atoms with Crippen LogP contribution < -0.4 is 4.90 Å². The molecule has 2 N–H and O–H groups in total. The highest BCUT2D eigenvalue weighted by molar-refractivity contribution is 6.17. The number of carbonyl (C=O) groups is 1. The van der Waals surface area contributed by atoms with Crippen LogP contribution in [0.5, 0.6) is 11.5 Å². The van der Waals surface area contributed by atoms with E-state index in [1.807, 2.05) is 205 Å². The first kappa shape index (κ1) is 32.7. The van der Waals surface area contributed by atoms with Gasteiger partial charge in [-0.3, -0.25) is 9.69 Å². The summed E-state index contributed by atoms with van der Waals surface area (Å²) in [4.78, 5) is 17.9. The maximum atomic E-state index is 16.0. The molecule has 54 heavy (non-hydrogen) atoms. The third kappa shape index (κ3) is 5.27. The lowest BCUT2D eigenvalue weighted by atomic mass is 9.68. The Morgan fingerprint density at radius 1 is 0.389 bits per heavy atom. The van der Waals surface area contributed by atoms with Crippen molar-refractivity contribution < 1.29 is 15.0 Å². The Labute approximate surface area is 314 Å². The monoisotopic (exact) mass is 697 g/mol. The first-order chi connectivity index (χ1) is 26.6. The van der Waals surface area contributed by atoms with Gasteiger partial charge in [0, 0.05) is 33.5 Å². The van der Waals surface area contributed by atoms with Gasteiger partial charge in [0.15, 0.2) is 0 Å². The zero-order valence-corrected chi connectivity index (χ0v) is 29.3. The Morgan fingerprint density at radius 2 is 0.704 bits per heavy atom. The molecule has 0 saturated heterocycles. The molecule has 8 aromatic carbocycles. The lowest BCUT2D eigenvalue weighted by Crippen LogP contribution is -2.40. The molecule has 9 rings (SSSR count). The predicted octanol–water partition coefficient (Wildman–Crippen LogP) is 11.8. The number of phenols is 2. The third-order valence-corrected chi connectivity index (χ3v) is 10.5. The number of nitrogens with zero attached hydrogens (tertiary/aromatic N) is 1. The van der Waals surface area contributed by atoms with E-state index >= 15 is 4.79 Å². The summed E-state index contributed by atoms with van der Waals surface area (Å²) in [5.74, 6) is 0.0959. The van der Waals surface area contributed by atoms with Gasteiger partial charge < -0.3 is 10.2 Å². The number of phenolic OH excluding ortho intramolecular Hbond substituents is 2. The summed E-state index contributed by atoms with van der Waals surface area (Å²) in [7, 11) is 0. The predicted molar refractivity (Wildman–Crippen MR) is 218 cm³/mol. The third-order valence-electron chi connectivity index (χ3n) is 10.5. The fourth-order valence-electron chi connectivity index (χ4n) is 7.99. The maximum absolute atomic E-state index is 16.0. The molecule has 0 radical (unpaired) electrons. The van der Waals surface area contributed by atoms with E-state index in [1.54, 1.807) is 0 Å². The van der Waals surface area contributed by atoms with Crippen molar-refractivity contribution in [3.05, 3.63) is 217 Å². The number of anilines is 2. The van der Waals surface area contributed by atoms with Crippen LogP contribution in [0.4, 0.5) is 11.4 Å². The van der Waals surface area contributed by atoms with Crippen molar-refractivity contribution >= 4 is 17.3 Å². The van der Waals surface area contributed by atoms with E-state index in [1.165, 1.54) is 0 Å². The van der Waals surface area contributed by atoms with E-state index in [4.69, 9.17) is 0 Å². The minimum atomic E-state index is -1.42. The van der Waals surface area contributed by atoms with Crippen LogP contribution in [-0.2, 0) is 10.2 Å². The number of para-hydroxylation sites is 2. The molecule has 1 heterocycles. The average Bonchev–Trinajstić information content (AvgIpc) is 3.51. The van der Waals surface area contributed by atoms with Gasteiger partial charge in [-0.25, -0.2) is 0 Å². The molecule has 0 unspecified atom stereocenters. The van der Waals surface area contributed by atoms with Gasteiger partial charge in [0.05, 0.1) is 5.69 Å². The van der Waals surface area contributed by atoms with Crippen LogP contribution in [0.1, 0.15) is 16.7 Å². The van der Waals surface area contributed by atoms with Crippen LogP contribution in [0.3, 0.4) is 0 Å². The van der Waals surface area contributed by atoms with E-state index in [0.717, 1.165) is 39.2 Å². The molecular formula is C50H35NO3. The summed E-state index contributed by atoms with van der Waals surface area (Å²) in [5, 5.41) is 24.2. The second kappa shape index (κ2) is 13.4. The topological polar surface area (TPSA) is 60.8 Å². The van der Waals surface area contributed by atoms with Gasteiger partial charge in [0.1, 0.15) is 16.9 Å². The van der Waals surface area contributed by atoms with Crippen molar-refractivity contribution in [2.45, 2.75) is 5.41 Å². The van der Waals surface area contributed by atoms with Gasteiger partial charge in [-0.2, -0.15) is 0 Å². The summed E-state index contributed by atoms with van der Waals surface area (Å²) >= 11 is 0. The van der Waals surface area contributed by atoms with Crippen molar-refractivity contribution in [1.29, 1.82) is 0 Å². The molecule has 4 heteroatoms. The van der Waals surface area contributed by atoms with Crippen LogP contribution in [0.25, 0.3) is 44.5 Å². The van der Waals surface area contributed by atoms with E-state index < -0.39 is 5.41 Å². The minimum absolute atomic E-state index is 0.130. The van der Waals surface area contributed by atoms with Crippen molar-refractivity contribution in [2.75, 3.05) is 4.90 Å². The molecule has 8 aromatic rings. The summed E-state index contributed by atoms with van der Waals surface area (Å²) in [6.07, 6.45) is 0. The van der Waals surface area contributed by atoms with Crippen LogP contribution in [0.2, 0.25) is 0 Å². The smallest absolute Gasteiger partial charge is 0.251 e. The number of fused-ring (bicyclic) bond motifs is 1. The number of hydrogen-bond acceptors (Lipinski definition) is 3. The molecule has 4 nitrogen and oxygen atoms in total. The molecule has 0 aliphatic carbocycles. The first-order valence-electron chi connectivity index (χ1n) is 18.0. The zero-order chi connectivity index (χ0) is 36.6. The fourth-order valence-corrected chi connectivity index (χ4v) is 7.99. The molecule has 1 aliphatic rings. The number of benzene rings is 8. The fraction of sp³-hybridized carbons (Fsp3) is 0.0200. The van der Waals surface area contributed by atoms with E-state index in [9.17, 15) is 10.2 Å². The summed E-state index contributed by atoms with van der Waals surface area (Å²) in [5.41, 5.74) is 8.00. The van der Waals surface area contributed by atoms with Crippen molar-refractivity contribution in [1.82, 2.24) is 0 Å². The normalized spacial score (nSPS) is 13.1. The second-order valence-corrected chi connectivity index (χ2v) is 13.5. The lowest BCUT2D eigenvalue weighted by Gasteiger charge is -2.33. The highest BCUT2D eigenvalue weighted by Gasteiger charge is 2.54. The number of carbonyl (C=O) groups excluding carboxylic acids is 1. The van der Waals surface area contributed by atoms with Gasteiger partial charge in [-0.15, -0.1) is 0 Å². The molecule has 1 aliphatic heterocycles. The van der Waals surface area contributed by atoms with E-state index in [0.29, 0.717) is 33.4 Å². The van der Waals surface area contributed by atoms with Gasteiger partial charge in [-0.05, 0) is 75.8 Å². The number of rotatable bonds is 7. The minimum Gasteiger partial charge on any atom is -0.507 e. The van der Waals surface area contributed by atoms with Crippen LogP contribution in [0, 0.1) is 0 Å². The second-order valence-electron chi connectivity index (χ2n) is 13.5. The largest absolute Gasteiger partial charge is 0.507 e. The Balaban J connectivity index is 1.45. The van der Waals surface area contributed by atoms with E-state index in [2.05, 4.69) is 0 Å². The molecule has 0 saturated carbocycles. The standard InChI is InChI=1S/C50H35NO3/c52-47-41(34-18-6-1-7-19-34)30-38(31-42(47)35-20-8-2-9-21-35)50(45-28-16-17-29-46(45)51(49(50)54)40-26-14-5-15-27-40)39-32-43(36-22-10-3-11-23-36)48(53)44(33-39)37-24-12-4-13-25-37/h1-33,52-53H. The van der Waals surface area contributed by atoms with Crippen LogP contribution >= 0.6 is 0 Å². The van der Waals surface area contributed by atoms with Crippen molar-refractivity contribution in [3.8, 4) is 56.0 Å². The Morgan fingerprint density at radius 3 is 1.07 bits per heavy atom. The van der Waals surface area contributed by atoms with Gasteiger partial charge in [-0.1, -0.05) is 158 Å². The average molecular weight is 698 g/mol. The van der Waals surface area contributed by atoms with Gasteiger partial charge in [0.2, 0.25) is 0 Å². The van der Waals surface area contributed by atoms with Crippen LogP contribution in [0.15, 0.2) is 200 Å². The number of aromatic hydroxyl groups is 2. The Kier molecular flexibility index (Phi) is 8.13. The molecule has 0 spiro atoms. The highest BCUT2D eigenvalue weighted by Crippen LogP contribution is 2.56. The van der Waals surface area contributed by atoms with Crippen LogP contribution in [-0.4, -0.2) is 16.1 Å². The Bertz CT molecular complexity index is 2370. The lowest BCUT2D eigenvalue weighted by molar-refractivity contribution is -0.120. The molecule has 1 amide bonds. The quantitative estimate of drug-likeness (QED) is 0.174. The molecule has 0 bridgehead atoms. The summed E-state index contributed by atoms with van der Waals surface area (Å²) in [6.45, 7) is 0. The first-order valence-corrected chi connectivity index (χ1v) is 18.0. The Hall–Kier alpha value is -7.17. The molecule has 0 atom stereocenters. The maximum Gasteiger partial charge on any atom is 0.251 e. The van der Waals surface area contributed by atoms with E-state index in [-0.39, 0.29) is 17.4 Å². The highest BCUT2D eigenvalue weighted by atomic mass is 16.3. The molecule has 258 valence electrons. The molecular weight excluding hydrogens is 663 g/mol. The van der Waals surface area contributed by atoms with Crippen molar-refractivity contribution in [3.63, 3.8) is 0 Å². The van der Waals surface area contributed by atoms with Crippen molar-refractivity contribution in [2.24, 2.45) is 0 Å². The molecule has 0 fully saturated rings. The van der Waals surface area contributed by atoms with Gasteiger partial charge >= 0.3 is 0 Å². The van der Waals surface area contributed by atoms with Gasteiger partial charge in [0.25, 0.3) is 5.91 Å². The summed E-state index contributed by atoms with van der Waals surface area (Å²) in [6, 6.07) is 64.8. The SMILES string of the molecule is O=C1N(c2ccccc2)c2ccccc2C1(c1cc(-c2ccccc2)c(O)c(-c2ccccc2)c1)c1cc(-c2ccccc2)c(O)c(-c2ccccc2)c1. The zero-order valence-electron chi connectivity index (χ0n) is 29.3. The number of amides is 1. The number of hydrogen-bond donors (Lipinski definition) is 2.